The van der Waals surface area contributed by atoms with Crippen molar-refractivity contribution in [3.63, 3.8) is 0 Å². The Hall–Kier alpha value is -1.98. The molecule has 0 spiro atoms. The Morgan fingerprint density at radius 2 is 2.15 bits per heavy atom. The highest BCUT2D eigenvalue weighted by molar-refractivity contribution is 6.31. The number of halogens is 2. The number of rotatable bonds is 3. The Labute approximate surface area is 119 Å². The summed E-state index contributed by atoms with van der Waals surface area (Å²) in [6.07, 6.45) is 1.52. The van der Waals surface area contributed by atoms with Crippen LogP contribution in [0.4, 0.5) is 4.39 Å². The molecule has 20 heavy (non-hydrogen) atoms. The Balaban J connectivity index is 2.25. The maximum absolute atomic E-state index is 13.4. The van der Waals surface area contributed by atoms with E-state index in [0.717, 1.165) is 0 Å². The second-order valence-corrected chi connectivity index (χ2v) is 4.75. The molecule has 0 fully saturated rings. The van der Waals surface area contributed by atoms with Crippen molar-refractivity contribution in [1.82, 2.24) is 14.5 Å². The van der Waals surface area contributed by atoms with Crippen molar-refractivity contribution in [2.24, 2.45) is 0 Å². The molecule has 0 unspecified atom stereocenters. The van der Waals surface area contributed by atoms with E-state index in [4.69, 9.17) is 11.6 Å². The van der Waals surface area contributed by atoms with Crippen molar-refractivity contribution in [2.75, 3.05) is 6.61 Å². The molecule has 0 aliphatic heterocycles. The number of benzene rings is 1. The number of hydrogen-bond donors (Lipinski definition) is 1. The van der Waals surface area contributed by atoms with Gasteiger partial charge in [-0.1, -0.05) is 23.7 Å². The predicted octanol–water partition coefficient (Wildman–Crippen LogP) is 2.88. The van der Waals surface area contributed by atoms with E-state index in [-0.39, 0.29) is 12.4 Å². The van der Waals surface area contributed by atoms with Crippen LogP contribution in [0.5, 0.6) is 0 Å². The topological polar surface area (TPSA) is 50.9 Å². The first-order valence-electron chi connectivity index (χ1n) is 6.07. The second-order valence-electron chi connectivity index (χ2n) is 4.32. The molecule has 1 aromatic carbocycles. The van der Waals surface area contributed by atoms with E-state index < -0.39 is 0 Å². The Bertz CT molecular complexity index is 772. The number of aliphatic hydroxyl groups is 1. The third-order valence-corrected chi connectivity index (χ3v) is 3.16. The lowest BCUT2D eigenvalue weighted by atomic mass is 10.2. The molecule has 102 valence electrons. The van der Waals surface area contributed by atoms with Crippen LogP contribution in [0.1, 0.15) is 0 Å². The van der Waals surface area contributed by atoms with E-state index in [1.807, 2.05) is 0 Å². The monoisotopic (exact) mass is 291 g/mol. The van der Waals surface area contributed by atoms with Crippen molar-refractivity contribution in [2.45, 2.75) is 6.54 Å². The largest absolute Gasteiger partial charge is 0.395 e. The molecule has 0 aliphatic rings. The molecule has 3 aromatic rings. The maximum atomic E-state index is 13.4. The molecule has 0 saturated heterocycles. The van der Waals surface area contributed by atoms with Gasteiger partial charge < -0.3 is 9.67 Å². The summed E-state index contributed by atoms with van der Waals surface area (Å²) in [5.74, 6) is 0.222. The average molecular weight is 292 g/mol. The van der Waals surface area contributed by atoms with Crippen LogP contribution in [0.15, 0.2) is 36.5 Å². The molecular weight excluding hydrogens is 281 g/mol. The molecule has 0 bridgehead atoms. The van der Waals surface area contributed by atoms with Gasteiger partial charge in [-0.3, -0.25) is 0 Å². The quantitative estimate of drug-likeness (QED) is 0.807. The van der Waals surface area contributed by atoms with E-state index in [2.05, 4.69) is 9.97 Å². The van der Waals surface area contributed by atoms with E-state index in [1.54, 1.807) is 22.8 Å². The summed E-state index contributed by atoms with van der Waals surface area (Å²) >= 11 is 5.91. The lowest BCUT2D eigenvalue weighted by Gasteiger charge is -2.06. The SMILES string of the molecule is OCCn1c(-c2cccc(F)c2)nc2cc(Cl)cnc21. The van der Waals surface area contributed by atoms with Gasteiger partial charge in [0.2, 0.25) is 0 Å². The van der Waals surface area contributed by atoms with Gasteiger partial charge >= 0.3 is 0 Å². The third-order valence-electron chi connectivity index (χ3n) is 2.96. The van der Waals surface area contributed by atoms with Crippen LogP contribution < -0.4 is 0 Å². The van der Waals surface area contributed by atoms with E-state index >= 15 is 0 Å². The number of aromatic nitrogens is 3. The highest BCUT2D eigenvalue weighted by atomic mass is 35.5. The van der Waals surface area contributed by atoms with E-state index in [9.17, 15) is 9.50 Å². The van der Waals surface area contributed by atoms with Crippen LogP contribution in [0.3, 0.4) is 0 Å². The number of imidazole rings is 1. The summed E-state index contributed by atoms with van der Waals surface area (Å²) in [6, 6.07) is 7.85. The number of fused-ring (bicyclic) bond motifs is 1. The van der Waals surface area contributed by atoms with Crippen LogP contribution in [0, 0.1) is 5.82 Å². The normalized spacial score (nSPS) is 11.2. The standard InChI is InChI=1S/C14H11ClFN3O/c15-10-7-12-14(17-8-10)19(4-5-20)13(18-12)9-2-1-3-11(16)6-9/h1-3,6-8,20H,4-5H2. The molecular formula is C14H11ClFN3O. The fraction of sp³-hybridized carbons (Fsp3) is 0.143. The van der Waals surface area contributed by atoms with Crippen molar-refractivity contribution >= 4 is 22.8 Å². The van der Waals surface area contributed by atoms with Crippen LogP contribution in [-0.2, 0) is 6.54 Å². The van der Waals surface area contributed by atoms with Crippen LogP contribution in [0.2, 0.25) is 5.02 Å². The molecule has 0 radical (unpaired) electrons. The Kier molecular flexibility index (Phi) is 3.38. The van der Waals surface area contributed by atoms with Gasteiger partial charge in [-0.2, -0.15) is 0 Å². The average Bonchev–Trinajstić information content (AvgIpc) is 2.77. The third kappa shape index (κ3) is 2.26. The van der Waals surface area contributed by atoms with Gasteiger partial charge in [0.25, 0.3) is 0 Å². The molecule has 0 amide bonds. The summed E-state index contributed by atoms with van der Waals surface area (Å²) in [6.45, 7) is 0.273. The maximum Gasteiger partial charge on any atom is 0.160 e. The number of nitrogens with zero attached hydrogens (tertiary/aromatic N) is 3. The zero-order valence-corrected chi connectivity index (χ0v) is 11.2. The molecule has 0 saturated carbocycles. The van der Waals surface area contributed by atoms with E-state index in [0.29, 0.717) is 34.1 Å². The second kappa shape index (κ2) is 5.19. The van der Waals surface area contributed by atoms with E-state index in [1.165, 1.54) is 18.3 Å². The van der Waals surface area contributed by atoms with Crippen molar-refractivity contribution in [3.05, 3.63) is 47.4 Å². The molecule has 1 N–H and O–H groups in total. The summed E-state index contributed by atoms with van der Waals surface area (Å²) in [7, 11) is 0. The lowest BCUT2D eigenvalue weighted by Crippen LogP contribution is -2.05. The van der Waals surface area contributed by atoms with Gasteiger partial charge in [-0.15, -0.1) is 0 Å². The number of hydrogen-bond acceptors (Lipinski definition) is 3. The van der Waals surface area contributed by atoms with Gasteiger partial charge in [0.15, 0.2) is 5.65 Å². The summed E-state index contributed by atoms with van der Waals surface area (Å²) in [4.78, 5) is 8.67. The van der Waals surface area contributed by atoms with Crippen LogP contribution in [0.25, 0.3) is 22.6 Å². The molecule has 2 aromatic heterocycles. The number of aliphatic hydroxyl groups excluding tert-OH is 1. The minimum Gasteiger partial charge on any atom is -0.395 e. The summed E-state index contributed by atoms with van der Waals surface area (Å²) < 4.78 is 15.1. The Morgan fingerprint density at radius 3 is 2.90 bits per heavy atom. The summed E-state index contributed by atoms with van der Waals surface area (Å²) in [5, 5.41) is 9.68. The van der Waals surface area contributed by atoms with Crippen LogP contribution >= 0.6 is 11.6 Å². The lowest BCUT2D eigenvalue weighted by molar-refractivity contribution is 0.278. The first-order valence-corrected chi connectivity index (χ1v) is 6.45. The smallest absolute Gasteiger partial charge is 0.160 e. The molecule has 4 nitrogen and oxygen atoms in total. The number of pyridine rings is 1. The highest BCUT2D eigenvalue weighted by Crippen LogP contribution is 2.25. The molecule has 3 rings (SSSR count). The van der Waals surface area contributed by atoms with Crippen molar-refractivity contribution < 1.29 is 9.50 Å². The zero-order chi connectivity index (χ0) is 14.1. The first-order chi connectivity index (χ1) is 9.69. The van der Waals surface area contributed by atoms with Crippen molar-refractivity contribution in [3.8, 4) is 11.4 Å². The predicted molar refractivity (Wildman–Crippen MR) is 75.0 cm³/mol. The zero-order valence-electron chi connectivity index (χ0n) is 10.4. The fourth-order valence-corrected chi connectivity index (χ4v) is 2.30. The van der Waals surface area contributed by atoms with Gasteiger partial charge in [-0.05, 0) is 18.2 Å². The molecule has 0 aliphatic carbocycles. The molecule has 2 heterocycles. The fourth-order valence-electron chi connectivity index (χ4n) is 2.15. The van der Waals surface area contributed by atoms with Crippen molar-refractivity contribution in [1.29, 1.82) is 0 Å². The Morgan fingerprint density at radius 1 is 1.30 bits per heavy atom. The van der Waals surface area contributed by atoms with Gasteiger partial charge in [-0.25, -0.2) is 14.4 Å². The minimum atomic E-state index is -0.337. The summed E-state index contributed by atoms with van der Waals surface area (Å²) in [5.41, 5.74) is 1.86. The van der Waals surface area contributed by atoms with Crippen LogP contribution in [-0.4, -0.2) is 26.2 Å². The first kappa shape index (κ1) is 13.0. The highest BCUT2D eigenvalue weighted by Gasteiger charge is 2.14. The van der Waals surface area contributed by atoms with Gasteiger partial charge in [0.05, 0.1) is 11.6 Å². The molecule has 6 heteroatoms. The molecule has 0 atom stereocenters. The van der Waals surface area contributed by atoms with Gasteiger partial charge in [0.1, 0.15) is 17.2 Å². The van der Waals surface area contributed by atoms with Gasteiger partial charge in [0, 0.05) is 18.3 Å². The minimum absolute atomic E-state index is 0.0575.